The summed E-state index contributed by atoms with van der Waals surface area (Å²) in [4.78, 5) is 8.69. The summed E-state index contributed by atoms with van der Waals surface area (Å²) in [5.74, 6) is 1.11. The molecule has 1 atom stereocenters. The third-order valence-electron chi connectivity index (χ3n) is 3.11. The highest BCUT2D eigenvalue weighted by Crippen LogP contribution is 2.20. The number of aromatic nitrogens is 3. The van der Waals surface area contributed by atoms with Gasteiger partial charge in [-0.3, -0.25) is 4.98 Å². The smallest absolute Gasteiger partial charge is 0.110 e. The lowest BCUT2D eigenvalue weighted by Crippen LogP contribution is -2.24. The number of hydrogen-bond donors (Lipinski definition) is 1. The first-order chi connectivity index (χ1) is 9.24. The van der Waals surface area contributed by atoms with Gasteiger partial charge in [-0.25, -0.2) is 4.98 Å². The van der Waals surface area contributed by atoms with Gasteiger partial charge in [-0.15, -0.1) is 0 Å². The van der Waals surface area contributed by atoms with Crippen LogP contribution in [-0.4, -0.2) is 21.1 Å². The molecular formula is C14H19BrN4. The quantitative estimate of drug-likeness (QED) is 0.889. The standard InChI is InChI=1S/C14H19BrN4/c1-3-17-13(11-7-12(15)10-16-9-11)8-14-18-5-6-19(14)4-2/h5-7,9-10,13,17H,3-4,8H2,1-2H3. The molecule has 0 aromatic carbocycles. The van der Waals surface area contributed by atoms with Crippen LogP contribution < -0.4 is 5.32 Å². The average Bonchev–Trinajstić information content (AvgIpc) is 2.85. The molecule has 0 saturated carbocycles. The third kappa shape index (κ3) is 3.64. The van der Waals surface area contributed by atoms with E-state index >= 15 is 0 Å². The Balaban J connectivity index is 2.21. The van der Waals surface area contributed by atoms with Crippen molar-refractivity contribution in [1.82, 2.24) is 19.9 Å². The third-order valence-corrected chi connectivity index (χ3v) is 3.54. The van der Waals surface area contributed by atoms with Gasteiger partial charge in [-0.05, 0) is 41.0 Å². The minimum absolute atomic E-state index is 0.239. The number of rotatable bonds is 6. The monoisotopic (exact) mass is 322 g/mol. The predicted molar refractivity (Wildman–Crippen MR) is 80.0 cm³/mol. The van der Waals surface area contributed by atoms with Crippen molar-refractivity contribution in [3.05, 3.63) is 46.7 Å². The molecule has 102 valence electrons. The molecular weight excluding hydrogens is 304 g/mol. The molecule has 1 unspecified atom stereocenters. The molecule has 4 nitrogen and oxygen atoms in total. The van der Waals surface area contributed by atoms with Crippen LogP contribution in [0.2, 0.25) is 0 Å². The zero-order valence-corrected chi connectivity index (χ0v) is 12.9. The van der Waals surface area contributed by atoms with Crippen molar-refractivity contribution in [3.63, 3.8) is 0 Å². The second-order valence-electron chi connectivity index (χ2n) is 4.38. The van der Waals surface area contributed by atoms with Crippen LogP contribution in [0.15, 0.2) is 35.3 Å². The summed E-state index contributed by atoms with van der Waals surface area (Å²) in [7, 11) is 0. The molecule has 2 aromatic heterocycles. The Hall–Kier alpha value is -1.20. The topological polar surface area (TPSA) is 42.7 Å². The van der Waals surface area contributed by atoms with Gasteiger partial charge in [0, 0.05) is 48.3 Å². The van der Waals surface area contributed by atoms with Gasteiger partial charge in [-0.1, -0.05) is 6.92 Å². The van der Waals surface area contributed by atoms with Crippen molar-refractivity contribution in [2.75, 3.05) is 6.54 Å². The second kappa shape index (κ2) is 6.82. The Morgan fingerprint density at radius 3 is 2.89 bits per heavy atom. The van der Waals surface area contributed by atoms with Crippen LogP contribution in [-0.2, 0) is 13.0 Å². The second-order valence-corrected chi connectivity index (χ2v) is 5.30. The minimum atomic E-state index is 0.239. The predicted octanol–water partition coefficient (Wildman–Crippen LogP) is 2.95. The van der Waals surface area contributed by atoms with Crippen molar-refractivity contribution < 1.29 is 0 Å². The molecule has 2 heterocycles. The van der Waals surface area contributed by atoms with Gasteiger partial charge in [0.25, 0.3) is 0 Å². The van der Waals surface area contributed by atoms with E-state index in [1.807, 2.05) is 18.6 Å². The highest BCUT2D eigenvalue weighted by atomic mass is 79.9. The molecule has 2 aromatic rings. The van der Waals surface area contributed by atoms with Crippen molar-refractivity contribution in [2.45, 2.75) is 32.9 Å². The molecule has 2 rings (SSSR count). The zero-order valence-electron chi connectivity index (χ0n) is 11.3. The van der Waals surface area contributed by atoms with E-state index in [9.17, 15) is 0 Å². The average molecular weight is 323 g/mol. The fourth-order valence-electron chi connectivity index (χ4n) is 2.17. The highest BCUT2D eigenvalue weighted by Gasteiger charge is 2.14. The molecule has 0 radical (unpaired) electrons. The van der Waals surface area contributed by atoms with Crippen molar-refractivity contribution in [2.24, 2.45) is 0 Å². The lowest BCUT2D eigenvalue weighted by Gasteiger charge is -2.18. The van der Waals surface area contributed by atoms with E-state index in [4.69, 9.17) is 0 Å². The molecule has 0 amide bonds. The molecule has 19 heavy (non-hydrogen) atoms. The summed E-state index contributed by atoms with van der Waals surface area (Å²) < 4.78 is 3.18. The fourth-order valence-corrected chi connectivity index (χ4v) is 2.56. The molecule has 0 aliphatic rings. The molecule has 0 spiro atoms. The Labute approximate surface area is 122 Å². The Bertz CT molecular complexity index is 524. The minimum Gasteiger partial charge on any atom is -0.335 e. The number of imidazole rings is 1. The largest absolute Gasteiger partial charge is 0.335 e. The van der Waals surface area contributed by atoms with E-state index in [1.54, 1.807) is 6.20 Å². The SMILES string of the molecule is CCNC(Cc1nccn1CC)c1cncc(Br)c1. The van der Waals surface area contributed by atoms with E-state index in [0.29, 0.717) is 0 Å². The van der Waals surface area contributed by atoms with Crippen LogP contribution in [0.1, 0.15) is 31.3 Å². The normalized spacial score (nSPS) is 12.6. The van der Waals surface area contributed by atoms with Gasteiger partial charge >= 0.3 is 0 Å². The first-order valence-corrected chi connectivity index (χ1v) is 7.37. The van der Waals surface area contributed by atoms with Crippen molar-refractivity contribution in [3.8, 4) is 0 Å². The molecule has 0 aliphatic heterocycles. The summed E-state index contributed by atoms with van der Waals surface area (Å²) in [6, 6.07) is 2.35. The van der Waals surface area contributed by atoms with Gasteiger partial charge < -0.3 is 9.88 Å². The highest BCUT2D eigenvalue weighted by molar-refractivity contribution is 9.10. The maximum Gasteiger partial charge on any atom is 0.110 e. The van der Waals surface area contributed by atoms with Gasteiger partial charge in [-0.2, -0.15) is 0 Å². The molecule has 0 saturated heterocycles. The first-order valence-electron chi connectivity index (χ1n) is 6.58. The van der Waals surface area contributed by atoms with Crippen molar-refractivity contribution in [1.29, 1.82) is 0 Å². The number of pyridine rings is 1. The van der Waals surface area contributed by atoms with Crippen LogP contribution >= 0.6 is 15.9 Å². The summed E-state index contributed by atoms with van der Waals surface area (Å²) in [6.45, 7) is 6.12. The van der Waals surface area contributed by atoms with Crippen LogP contribution in [0.3, 0.4) is 0 Å². The Morgan fingerprint density at radius 1 is 1.37 bits per heavy atom. The van der Waals surface area contributed by atoms with Gasteiger partial charge in [0.05, 0.1) is 0 Å². The zero-order chi connectivity index (χ0) is 13.7. The molecule has 5 heteroatoms. The molecule has 0 aliphatic carbocycles. The number of hydrogen-bond acceptors (Lipinski definition) is 3. The van der Waals surface area contributed by atoms with E-state index in [2.05, 4.69) is 55.7 Å². The lowest BCUT2D eigenvalue weighted by atomic mass is 10.1. The summed E-state index contributed by atoms with van der Waals surface area (Å²) in [5, 5.41) is 3.50. The maximum absolute atomic E-state index is 4.45. The van der Waals surface area contributed by atoms with E-state index in [1.165, 1.54) is 5.56 Å². The first kappa shape index (κ1) is 14.2. The van der Waals surface area contributed by atoms with Crippen LogP contribution in [0.25, 0.3) is 0 Å². The van der Waals surface area contributed by atoms with Crippen LogP contribution in [0, 0.1) is 0 Å². The number of nitrogens with zero attached hydrogens (tertiary/aromatic N) is 3. The Kier molecular flexibility index (Phi) is 5.10. The van der Waals surface area contributed by atoms with Crippen molar-refractivity contribution >= 4 is 15.9 Å². The summed E-state index contributed by atoms with van der Waals surface area (Å²) in [5.41, 5.74) is 1.18. The summed E-state index contributed by atoms with van der Waals surface area (Å²) >= 11 is 3.48. The molecule has 1 N–H and O–H groups in total. The Morgan fingerprint density at radius 2 is 2.21 bits per heavy atom. The van der Waals surface area contributed by atoms with Gasteiger partial charge in [0.2, 0.25) is 0 Å². The maximum atomic E-state index is 4.45. The fraction of sp³-hybridized carbons (Fsp3) is 0.429. The van der Waals surface area contributed by atoms with Crippen LogP contribution in [0.4, 0.5) is 0 Å². The summed E-state index contributed by atoms with van der Waals surface area (Å²) in [6.07, 6.45) is 8.47. The number of likely N-dealkylation sites (N-methyl/N-ethyl adjacent to an activating group) is 1. The van der Waals surface area contributed by atoms with E-state index < -0.39 is 0 Å². The van der Waals surface area contributed by atoms with Crippen LogP contribution in [0.5, 0.6) is 0 Å². The van der Waals surface area contributed by atoms with E-state index in [0.717, 1.165) is 29.8 Å². The number of aryl methyl sites for hydroxylation is 1. The molecule has 0 fully saturated rings. The number of nitrogens with one attached hydrogen (secondary N) is 1. The van der Waals surface area contributed by atoms with Gasteiger partial charge in [0.15, 0.2) is 0 Å². The van der Waals surface area contributed by atoms with Gasteiger partial charge in [0.1, 0.15) is 5.82 Å². The van der Waals surface area contributed by atoms with E-state index in [-0.39, 0.29) is 6.04 Å². The number of halogens is 1. The lowest BCUT2D eigenvalue weighted by molar-refractivity contribution is 0.520. The molecule has 0 bridgehead atoms.